The third-order valence-corrected chi connectivity index (χ3v) is 4.97. The Bertz CT molecular complexity index is 632. The molecule has 0 aliphatic carbocycles. The Balaban J connectivity index is 4.24. The van der Waals surface area contributed by atoms with Crippen LogP contribution in [0.3, 0.4) is 0 Å². The van der Waals surface area contributed by atoms with E-state index >= 15 is 0 Å². The average molecular weight is 404 g/mol. The van der Waals surface area contributed by atoms with Gasteiger partial charge in [0.2, 0.25) is 0 Å². The largest absolute Gasteiger partial charge is 0.444 e. The second-order valence-corrected chi connectivity index (χ2v) is 10.8. The van der Waals surface area contributed by atoms with Crippen LogP contribution in [0.2, 0.25) is 0 Å². The van der Waals surface area contributed by atoms with Gasteiger partial charge in [-0.3, -0.25) is 8.74 Å². The summed E-state index contributed by atoms with van der Waals surface area (Å²) >= 11 is 0. The van der Waals surface area contributed by atoms with E-state index in [9.17, 15) is 21.6 Å². The van der Waals surface area contributed by atoms with Crippen LogP contribution >= 0.6 is 0 Å². The maximum absolute atomic E-state index is 11.7. The number of hydrogen-bond donors (Lipinski definition) is 2. The molecule has 0 spiro atoms. The molecule has 0 aromatic heterocycles. The first-order chi connectivity index (χ1) is 11.0. The second kappa shape index (κ2) is 9.15. The summed E-state index contributed by atoms with van der Waals surface area (Å²) in [6.07, 6.45) is -0.351. The minimum absolute atomic E-state index is 0.114. The number of amides is 1. The van der Waals surface area contributed by atoms with Crippen molar-refractivity contribution in [3.63, 3.8) is 0 Å². The third kappa shape index (κ3) is 15.1. The Hall–Kier alpha value is -0.910. The van der Waals surface area contributed by atoms with Gasteiger partial charge in [0.15, 0.2) is 0 Å². The summed E-state index contributed by atoms with van der Waals surface area (Å²) in [6, 6.07) is 0. The second-order valence-electron chi connectivity index (χ2n) is 7.51. The number of alkyl carbamates (subject to hydrolysis) is 1. The molecule has 2 N–H and O–H groups in total. The molecular weight excluding hydrogens is 374 g/mol. The molecule has 11 heteroatoms. The number of hydrogen-bond acceptors (Lipinski definition) is 7. The van der Waals surface area contributed by atoms with E-state index in [0.29, 0.717) is 6.42 Å². The van der Waals surface area contributed by atoms with Crippen LogP contribution in [0.25, 0.3) is 0 Å². The van der Waals surface area contributed by atoms with Crippen LogP contribution in [0.4, 0.5) is 4.79 Å². The van der Waals surface area contributed by atoms with Crippen LogP contribution in [0.1, 0.15) is 47.5 Å². The molecule has 0 aromatic rings. The zero-order chi connectivity index (χ0) is 19.9. The summed E-state index contributed by atoms with van der Waals surface area (Å²) in [5, 5.41) is 2.58. The van der Waals surface area contributed by atoms with Gasteiger partial charge >= 0.3 is 6.09 Å². The van der Waals surface area contributed by atoms with Gasteiger partial charge in [-0.15, -0.1) is 0 Å². The lowest BCUT2D eigenvalue weighted by Gasteiger charge is -2.25. The van der Waals surface area contributed by atoms with Gasteiger partial charge in [-0.2, -0.15) is 16.8 Å². The SMILES string of the molecule is CC(C)(CCNC(=O)OC(C)(C)C)COS(=O)(=O)CCCS(=O)(=O)O. The first-order valence-electron chi connectivity index (χ1n) is 7.80. The Morgan fingerprint density at radius 2 is 1.60 bits per heavy atom. The number of carbonyl (C=O) groups excluding carboxylic acids is 1. The van der Waals surface area contributed by atoms with Gasteiger partial charge in [-0.1, -0.05) is 13.8 Å². The van der Waals surface area contributed by atoms with Crippen LogP contribution < -0.4 is 5.32 Å². The van der Waals surface area contributed by atoms with E-state index in [2.05, 4.69) is 5.32 Å². The van der Waals surface area contributed by atoms with Gasteiger partial charge in [0.25, 0.3) is 20.2 Å². The fourth-order valence-electron chi connectivity index (χ4n) is 1.62. The van der Waals surface area contributed by atoms with Crippen molar-refractivity contribution >= 4 is 26.3 Å². The third-order valence-electron chi connectivity index (χ3n) is 2.90. The molecule has 1 amide bonds. The summed E-state index contributed by atoms with van der Waals surface area (Å²) in [7, 11) is -8.09. The molecule has 25 heavy (non-hydrogen) atoms. The van der Waals surface area contributed by atoms with Gasteiger partial charge in [-0.05, 0) is 39.0 Å². The molecule has 0 radical (unpaired) electrons. The molecule has 0 atom stereocenters. The average Bonchev–Trinajstić information content (AvgIpc) is 2.32. The Morgan fingerprint density at radius 1 is 1.04 bits per heavy atom. The van der Waals surface area contributed by atoms with E-state index in [0.717, 1.165) is 0 Å². The summed E-state index contributed by atoms with van der Waals surface area (Å²) in [4.78, 5) is 11.5. The highest BCUT2D eigenvalue weighted by molar-refractivity contribution is 7.87. The van der Waals surface area contributed by atoms with Crippen LogP contribution in [-0.4, -0.2) is 57.7 Å². The standard InChI is InChI=1S/C14H29NO8S2/c1-13(2,3)23-12(16)15-8-7-14(4,5)11-22-25(20,21)10-6-9-24(17,18)19/h6-11H2,1-5H3,(H,15,16)(H,17,18,19). The number of nitrogens with one attached hydrogen (secondary N) is 1. The molecule has 0 saturated carbocycles. The molecule has 0 bridgehead atoms. The number of rotatable bonds is 10. The summed E-state index contributed by atoms with van der Waals surface area (Å²) in [5.74, 6) is -1.14. The Kier molecular flexibility index (Phi) is 8.82. The van der Waals surface area contributed by atoms with Crippen LogP contribution in [0.5, 0.6) is 0 Å². The van der Waals surface area contributed by atoms with Crippen molar-refractivity contribution in [2.24, 2.45) is 5.41 Å². The molecule has 0 unspecified atom stereocenters. The van der Waals surface area contributed by atoms with E-state index < -0.39 is 48.9 Å². The fraction of sp³-hybridized carbons (Fsp3) is 0.929. The number of carbonyl (C=O) groups is 1. The van der Waals surface area contributed by atoms with Crippen molar-refractivity contribution in [3.8, 4) is 0 Å². The van der Waals surface area contributed by atoms with Crippen LogP contribution in [0, 0.1) is 5.41 Å². The Morgan fingerprint density at radius 3 is 2.08 bits per heavy atom. The van der Waals surface area contributed by atoms with Gasteiger partial charge in [-0.25, -0.2) is 4.79 Å². The van der Waals surface area contributed by atoms with Crippen molar-refractivity contribution < 1.29 is 35.1 Å². The van der Waals surface area contributed by atoms with Crippen molar-refractivity contribution in [2.45, 2.75) is 53.1 Å². The lowest BCUT2D eigenvalue weighted by molar-refractivity contribution is 0.0517. The van der Waals surface area contributed by atoms with Gasteiger partial charge < -0.3 is 10.1 Å². The van der Waals surface area contributed by atoms with Gasteiger partial charge in [0.05, 0.1) is 18.1 Å². The number of ether oxygens (including phenoxy) is 1. The maximum atomic E-state index is 11.7. The zero-order valence-corrected chi connectivity index (χ0v) is 17.0. The van der Waals surface area contributed by atoms with E-state index in [1.54, 1.807) is 34.6 Å². The summed E-state index contributed by atoms with van der Waals surface area (Å²) < 4.78 is 63.1. The summed E-state index contributed by atoms with van der Waals surface area (Å²) in [6.45, 7) is 8.96. The highest BCUT2D eigenvalue weighted by Gasteiger charge is 2.24. The summed E-state index contributed by atoms with van der Waals surface area (Å²) in [5.41, 5.74) is -1.13. The molecule has 0 aliphatic rings. The van der Waals surface area contributed by atoms with E-state index in [1.807, 2.05) is 0 Å². The lowest BCUT2D eigenvalue weighted by Crippen LogP contribution is -2.35. The zero-order valence-electron chi connectivity index (χ0n) is 15.4. The monoisotopic (exact) mass is 403 g/mol. The molecule has 0 rings (SSSR count). The molecule has 9 nitrogen and oxygen atoms in total. The van der Waals surface area contributed by atoms with Gasteiger partial charge in [0.1, 0.15) is 5.60 Å². The lowest BCUT2D eigenvalue weighted by atomic mass is 9.91. The normalized spacial score (nSPS) is 13.5. The molecule has 0 heterocycles. The van der Waals surface area contributed by atoms with Crippen molar-refractivity contribution in [3.05, 3.63) is 0 Å². The predicted molar refractivity (Wildman–Crippen MR) is 93.4 cm³/mol. The molecule has 0 aromatic carbocycles. The molecule has 0 aliphatic heterocycles. The minimum Gasteiger partial charge on any atom is -0.444 e. The smallest absolute Gasteiger partial charge is 0.407 e. The predicted octanol–water partition coefficient (Wildman–Crippen LogP) is 1.55. The molecule has 0 saturated heterocycles. The minimum atomic E-state index is -4.20. The Labute approximate surface area is 150 Å². The first-order valence-corrected chi connectivity index (χ1v) is 11.0. The van der Waals surface area contributed by atoms with Crippen molar-refractivity contribution in [1.82, 2.24) is 5.32 Å². The van der Waals surface area contributed by atoms with Crippen LogP contribution in [-0.2, 0) is 29.2 Å². The van der Waals surface area contributed by atoms with Crippen molar-refractivity contribution in [1.29, 1.82) is 0 Å². The molecule has 0 fully saturated rings. The van der Waals surface area contributed by atoms with E-state index in [1.165, 1.54) is 0 Å². The molecule has 150 valence electrons. The van der Waals surface area contributed by atoms with Crippen LogP contribution in [0.15, 0.2) is 0 Å². The van der Waals surface area contributed by atoms with E-state index in [-0.39, 0.29) is 19.6 Å². The van der Waals surface area contributed by atoms with Crippen molar-refractivity contribution in [2.75, 3.05) is 24.7 Å². The van der Waals surface area contributed by atoms with Gasteiger partial charge in [0, 0.05) is 6.54 Å². The fourth-order valence-corrected chi connectivity index (χ4v) is 3.42. The topological polar surface area (TPSA) is 136 Å². The highest BCUT2D eigenvalue weighted by Crippen LogP contribution is 2.21. The highest BCUT2D eigenvalue weighted by atomic mass is 32.2. The van der Waals surface area contributed by atoms with E-state index in [4.69, 9.17) is 13.5 Å². The maximum Gasteiger partial charge on any atom is 0.407 e. The molecular formula is C14H29NO8S2. The quantitative estimate of drug-likeness (QED) is 0.414. The first kappa shape index (κ1) is 24.1.